The minimum absolute atomic E-state index is 0.983. The first-order chi connectivity index (χ1) is 10.4. The molecule has 0 N–H and O–H groups in total. The Hall–Kier alpha value is -1.56. The van der Waals surface area contributed by atoms with E-state index in [1.165, 1.54) is 50.5 Å². The van der Waals surface area contributed by atoms with Gasteiger partial charge in [0.05, 0.1) is 0 Å². The number of benzene rings is 1. The third kappa shape index (κ3) is 10.8. The average Bonchev–Trinajstić information content (AvgIpc) is 2.53. The highest BCUT2D eigenvalue weighted by atomic mass is 14.0. The van der Waals surface area contributed by atoms with Gasteiger partial charge >= 0.3 is 0 Å². The van der Waals surface area contributed by atoms with Crippen LogP contribution in [0.1, 0.15) is 56.9 Å². The maximum atomic E-state index is 3.70. The van der Waals surface area contributed by atoms with Crippen molar-refractivity contribution in [3.8, 4) is 0 Å². The SMILES string of the molecule is C=CCC=CCC=CCCCCCCCc1ccccc1. The summed E-state index contributed by atoms with van der Waals surface area (Å²) in [6, 6.07) is 10.8. The van der Waals surface area contributed by atoms with Gasteiger partial charge in [0.1, 0.15) is 0 Å². The molecule has 0 nitrogen and oxygen atoms in total. The van der Waals surface area contributed by atoms with Crippen LogP contribution in [0.3, 0.4) is 0 Å². The molecule has 0 heteroatoms. The Balaban J connectivity index is 1.86. The van der Waals surface area contributed by atoms with E-state index in [0.717, 1.165) is 12.8 Å². The van der Waals surface area contributed by atoms with Gasteiger partial charge in [0.15, 0.2) is 0 Å². The standard InChI is InChI=1S/C21H30/c1-2-3-4-5-6-7-8-9-10-11-12-13-15-18-21-19-16-14-17-20-21/h2,4-5,7-8,14,16-17,19-20H,1,3,6,9-13,15,18H2. The van der Waals surface area contributed by atoms with Crippen LogP contribution >= 0.6 is 0 Å². The summed E-state index contributed by atoms with van der Waals surface area (Å²) in [6.07, 6.45) is 22.2. The van der Waals surface area contributed by atoms with Crippen molar-refractivity contribution in [2.45, 2.75) is 57.8 Å². The number of hydrogen-bond donors (Lipinski definition) is 0. The molecule has 114 valence electrons. The molecule has 0 heterocycles. The molecule has 0 atom stereocenters. The van der Waals surface area contributed by atoms with Crippen LogP contribution in [0.2, 0.25) is 0 Å². The number of allylic oxidation sites excluding steroid dienone is 5. The first kappa shape index (κ1) is 17.5. The highest BCUT2D eigenvalue weighted by Crippen LogP contribution is 2.10. The Morgan fingerprint density at radius 2 is 1.38 bits per heavy atom. The van der Waals surface area contributed by atoms with Crippen molar-refractivity contribution in [2.24, 2.45) is 0 Å². The summed E-state index contributed by atoms with van der Waals surface area (Å²) in [5.41, 5.74) is 1.48. The van der Waals surface area contributed by atoms with E-state index in [1.54, 1.807) is 0 Å². The Kier molecular flexibility index (Phi) is 11.2. The fourth-order valence-corrected chi connectivity index (χ4v) is 2.35. The summed E-state index contributed by atoms with van der Waals surface area (Å²) in [4.78, 5) is 0. The second kappa shape index (κ2) is 13.4. The third-order valence-electron chi connectivity index (χ3n) is 3.59. The normalized spacial score (nSPS) is 11.4. The molecular formula is C21H30. The van der Waals surface area contributed by atoms with E-state index < -0.39 is 0 Å². The van der Waals surface area contributed by atoms with Gasteiger partial charge in [-0.15, -0.1) is 6.58 Å². The zero-order valence-corrected chi connectivity index (χ0v) is 13.3. The highest BCUT2D eigenvalue weighted by Gasteiger charge is 1.92. The Morgan fingerprint density at radius 1 is 0.714 bits per heavy atom. The number of unbranched alkanes of at least 4 members (excludes halogenated alkanes) is 5. The van der Waals surface area contributed by atoms with Crippen LogP contribution in [-0.2, 0) is 6.42 Å². The summed E-state index contributed by atoms with van der Waals surface area (Å²) in [6.45, 7) is 3.70. The van der Waals surface area contributed by atoms with E-state index >= 15 is 0 Å². The lowest BCUT2D eigenvalue weighted by Gasteiger charge is -2.01. The Morgan fingerprint density at radius 3 is 2.19 bits per heavy atom. The minimum Gasteiger partial charge on any atom is -0.103 e. The van der Waals surface area contributed by atoms with Gasteiger partial charge in [-0.3, -0.25) is 0 Å². The maximum absolute atomic E-state index is 3.70. The van der Waals surface area contributed by atoms with Gasteiger partial charge in [-0.2, -0.15) is 0 Å². The van der Waals surface area contributed by atoms with Crippen molar-refractivity contribution in [3.63, 3.8) is 0 Å². The van der Waals surface area contributed by atoms with E-state index in [0.29, 0.717) is 0 Å². The molecule has 0 spiro atoms. The van der Waals surface area contributed by atoms with E-state index in [-0.39, 0.29) is 0 Å². The first-order valence-electron chi connectivity index (χ1n) is 8.38. The van der Waals surface area contributed by atoms with Crippen LogP contribution in [0.5, 0.6) is 0 Å². The van der Waals surface area contributed by atoms with Gasteiger partial charge in [-0.05, 0) is 44.1 Å². The molecule has 1 aromatic carbocycles. The molecule has 0 unspecified atom stereocenters. The average molecular weight is 282 g/mol. The van der Waals surface area contributed by atoms with Crippen molar-refractivity contribution in [1.82, 2.24) is 0 Å². The predicted octanol–water partition coefficient (Wildman–Crippen LogP) is 6.65. The minimum atomic E-state index is 0.983. The van der Waals surface area contributed by atoms with Crippen molar-refractivity contribution in [3.05, 3.63) is 72.9 Å². The summed E-state index contributed by atoms with van der Waals surface area (Å²) < 4.78 is 0. The van der Waals surface area contributed by atoms with E-state index in [4.69, 9.17) is 0 Å². The van der Waals surface area contributed by atoms with Crippen LogP contribution in [0, 0.1) is 0 Å². The zero-order chi connectivity index (χ0) is 15.0. The van der Waals surface area contributed by atoms with Gasteiger partial charge in [0.2, 0.25) is 0 Å². The highest BCUT2D eigenvalue weighted by molar-refractivity contribution is 5.14. The van der Waals surface area contributed by atoms with Gasteiger partial charge in [-0.1, -0.05) is 80.0 Å². The summed E-state index contributed by atoms with van der Waals surface area (Å²) in [5, 5.41) is 0. The smallest absolute Gasteiger partial charge is 0.0169 e. The fourth-order valence-electron chi connectivity index (χ4n) is 2.35. The van der Waals surface area contributed by atoms with Crippen LogP contribution in [-0.4, -0.2) is 0 Å². The summed E-state index contributed by atoms with van der Waals surface area (Å²) in [5.74, 6) is 0. The number of aryl methyl sites for hydroxylation is 1. The molecule has 1 rings (SSSR count). The number of rotatable bonds is 12. The van der Waals surface area contributed by atoms with Crippen molar-refractivity contribution < 1.29 is 0 Å². The first-order valence-corrected chi connectivity index (χ1v) is 8.38. The largest absolute Gasteiger partial charge is 0.103 e. The second-order valence-electron chi connectivity index (χ2n) is 5.49. The maximum Gasteiger partial charge on any atom is -0.0169 e. The van der Waals surface area contributed by atoms with Crippen LogP contribution in [0.15, 0.2) is 67.3 Å². The van der Waals surface area contributed by atoms with E-state index in [9.17, 15) is 0 Å². The molecule has 0 aliphatic heterocycles. The van der Waals surface area contributed by atoms with Crippen molar-refractivity contribution >= 4 is 0 Å². The quantitative estimate of drug-likeness (QED) is 0.297. The lowest BCUT2D eigenvalue weighted by atomic mass is 10.0. The summed E-state index contributed by atoms with van der Waals surface area (Å²) >= 11 is 0. The lowest BCUT2D eigenvalue weighted by Crippen LogP contribution is -1.85. The molecular weight excluding hydrogens is 252 g/mol. The third-order valence-corrected chi connectivity index (χ3v) is 3.59. The van der Waals surface area contributed by atoms with Crippen molar-refractivity contribution in [1.29, 1.82) is 0 Å². The predicted molar refractivity (Wildman–Crippen MR) is 95.6 cm³/mol. The molecule has 0 aliphatic rings. The molecule has 0 aromatic heterocycles. The van der Waals surface area contributed by atoms with Gasteiger partial charge in [0.25, 0.3) is 0 Å². The monoisotopic (exact) mass is 282 g/mol. The lowest BCUT2D eigenvalue weighted by molar-refractivity contribution is 0.617. The van der Waals surface area contributed by atoms with Gasteiger partial charge in [0, 0.05) is 0 Å². The van der Waals surface area contributed by atoms with Gasteiger partial charge in [-0.25, -0.2) is 0 Å². The molecule has 21 heavy (non-hydrogen) atoms. The molecule has 0 saturated carbocycles. The summed E-state index contributed by atoms with van der Waals surface area (Å²) in [7, 11) is 0. The Bertz CT molecular complexity index is 397. The van der Waals surface area contributed by atoms with Crippen LogP contribution < -0.4 is 0 Å². The van der Waals surface area contributed by atoms with Gasteiger partial charge < -0.3 is 0 Å². The second-order valence-corrected chi connectivity index (χ2v) is 5.49. The van der Waals surface area contributed by atoms with Crippen LogP contribution in [0.4, 0.5) is 0 Å². The Labute approximate surface area is 131 Å². The molecule has 0 amide bonds. The van der Waals surface area contributed by atoms with E-state index in [2.05, 4.69) is 61.2 Å². The molecule has 0 bridgehead atoms. The molecule has 0 fully saturated rings. The van der Waals surface area contributed by atoms with Crippen LogP contribution in [0.25, 0.3) is 0 Å². The van der Waals surface area contributed by atoms with E-state index in [1.807, 2.05) is 6.08 Å². The number of hydrogen-bond acceptors (Lipinski definition) is 0. The van der Waals surface area contributed by atoms with Crippen molar-refractivity contribution in [2.75, 3.05) is 0 Å². The molecule has 0 aliphatic carbocycles. The molecule has 1 aromatic rings. The molecule has 0 radical (unpaired) electrons. The molecule has 0 saturated heterocycles. The topological polar surface area (TPSA) is 0 Å². The fraction of sp³-hybridized carbons (Fsp3) is 0.429. The zero-order valence-electron chi connectivity index (χ0n) is 13.3.